The third-order valence-corrected chi connectivity index (χ3v) is 2.70. The van der Waals surface area contributed by atoms with Crippen LogP contribution in [0.3, 0.4) is 0 Å². The van der Waals surface area contributed by atoms with E-state index >= 15 is 0 Å². The first-order valence-electron chi connectivity index (χ1n) is 4.70. The van der Waals surface area contributed by atoms with Crippen LogP contribution in [0, 0.1) is 11.6 Å². The maximum absolute atomic E-state index is 13.0. The molecule has 1 N–H and O–H groups in total. The lowest BCUT2D eigenvalue weighted by Gasteiger charge is -2.03. The highest BCUT2D eigenvalue weighted by Gasteiger charge is 2.14. The van der Waals surface area contributed by atoms with E-state index in [9.17, 15) is 13.6 Å². The summed E-state index contributed by atoms with van der Waals surface area (Å²) in [5.41, 5.74) is -0.0476. The second-order valence-electron chi connectivity index (χ2n) is 3.32. The quantitative estimate of drug-likeness (QED) is 0.925. The molecule has 2 rings (SSSR count). The zero-order valence-corrected chi connectivity index (χ0v) is 10.3. The van der Waals surface area contributed by atoms with Crippen molar-refractivity contribution in [1.29, 1.82) is 0 Å². The van der Waals surface area contributed by atoms with Crippen LogP contribution in [-0.2, 0) is 0 Å². The molecule has 0 bridgehead atoms. The van der Waals surface area contributed by atoms with Gasteiger partial charge in [-0.15, -0.1) is 0 Å². The van der Waals surface area contributed by atoms with Crippen molar-refractivity contribution in [2.24, 2.45) is 0 Å². The number of benzene rings is 1. The molecule has 0 aliphatic carbocycles. The molecular formula is C11H5BrF2N2O2. The Morgan fingerprint density at radius 1 is 1.28 bits per heavy atom. The van der Waals surface area contributed by atoms with Gasteiger partial charge in [0.15, 0.2) is 23.2 Å². The van der Waals surface area contributed by atoms with Gasteiger partial charge in [-0.25, -0.2) is 23.5 Å². The molecule has 4 nitrogen and oxygen atoms in total. The smallest absolute Gasteiger partial charge is 0.355 e. The first-order valence-corrected chi connectivity index (χ1v) is 5.49. The zero-order chi connectivity index (χ0) is 13.3. The van der Waals surface area contributed by atoms with Gasteiger partial charge >= 0.3 is 5.97 Å². The highest BCUT2D eigenvalue weighted by atomic mass is 79.9. The molecule has 0 saturated heterocycles. The molecule has 2 aromatic rings. The Morgan fingerprint density at radius 3 is 2.61 bits per heavy atom. The number of nitrogens with zero attached hydrogens (tertiary/aromatic N) is 2. The minimum Gasteiger partial charge on any atom is -0.476 e. The third-order valence-electron chi connectivity index (χ3n) is 2.12. The Hall–Kier alpha value is -1.89. The fourth-order valence-electron chi connectivity index (χ4n) is 1.29. The van der Waals surface area contributed by atoms with Crippen LogP contribution in [0.4, 0.5) is 8.78 Å². The molecule has 1 aromatic heterocycles. The van der Waals surface area contributed by atoms with Crippen molar-refractivity contribution in [1.82, 2.24) is 9.97 Å². The summed E-state index contributed by atoms with van der Waals surface area (Å²) in [6.07, 6.45) is 1.24. The Kier molecular flexibility index (Phi) is 3.33. The van der Waals surface area contributed by atoms with Gasteiger partial charge < -0.3 is 5.11 Å². The van der Waals surface area contributed by atoms with E-state index in [1.165, 1.54) is 12.3 Å². The van der Waals surface area contributed by atoms with E-state index in [1.54, 1.807) is 0 Å². The van der Waals surface area contributed by atoms with Crippen LogP contribution < -0.4 is 0 Å². The van der Waals surface area contributed by atoms with Crippen molar-refractivity contribution in [3.8, 4) is 11.4 Å². The van der Waals surface area contributed by atoms with Crippen molar-refractivity contribution in [2.45, 2.75) is 0 Å². The number of carbonyl (C=O) groups is 1. The van der Waals surface area contributed by atoms with E-state index < -0.39 is 17.6 Å². The average Bonchev–Trinajstić information content (AvgIpc) is 2.33. The maximum atomic E-state index is 13.0. The second-order valence-corrected chi connectivity index (χ2v) is 4.18. The lowest BCUT2D eigenvalue weighted by molar-refractivity contribution is 0.0689. The maximum Gasteiger partial charge on any atom is 0.355 e. The van der Waals surface area contributed by atoms with Crippen LogP contribution in [0.25, 0.3) is 11.4 Å². The number of hydrogen-bond acceptors (Lipinski definition) is 3. The van der Waals surface area contributed by atoms with Crippen molar-refractivity contribution in [2.75, 3.05) is 0 Å². The minimum atomic E-state index is -1.24. The van der Waals surface area contributed by atoms with Gasteiger partial charge in [-0.1, -0.05) is 0 Å². The zero-order valence-electron chi connectivity index (χ0n) is 8.69. The number of carboxylic acids is 1. The molecule has 1 heterocycles. The van der Waals surface area contributed by atoms with Gasteiger partial charge in [-0.3, -0.25) is 0 Å². The molecule has 0 fully saturated rings. The molecule has 18 heavy (non-hydrogen) atoms. The van der Waals surface area contributed by atoms with Gasteiger partial charge in [-0.2, -0.15) is 0 Å². The van der Waals surface area contributed by atoms with Gasteiger partial charge in [0.05, 0.1) is 4.47 Å². The number of aromatic carboxylic acids is 1. The number of hydrogen-bond donors (Lipinski definition) is 1. The number of carboxylic acid groups (broad SMARTS) is 1. The molecule has 0 amide bonds. The highest BCUT2D eigenvalue weighted by Crippen LogP contribution is 2.21. The summed E-state index contributed by atoms with van der Waals surface area (Å²) in [4.78, 5) is 18.5. The van der Waals surface area contributed by atoms with E-state index in [1.807, 2.05) is 0 Å². The van der Waals surface area contributed by atoms with Gasteiger partial charge in [-0.05, 0) is 34.1 Å². The van der Waals surface area contributed by atoms with E-state index in [0.717, 1.165) is 12.1 Å². The molecule has 0 unspecified atom stereocenters. The van der Waals surface area contributed by atoms with Gasteiger partial charge in [0.2, 0.25) is 0 Å². The fraction of sp³-hybridized carbons (Fsp3) is 0. The van der Waals surface area contributed by atoms with Gasteiger partial charge in [0.25, 0.3) is 0 Å². The Balaban J connectivity index is 2.54. The summed E-state index contributed by atoms with van der Waals surface area (Å²) >= 11 is 2.99. The summed E-state index contributed by atoms with van der Waals surface area (Å²) in [5, 5.41) is 8.88. The summed E-state index contributed by atoms with van der Waals surface area (Å²) in [6.45, 7) is 0. The molecule has 0 atom stereocenters. The SMILES string of the molecule is O=C(O)c1nc(-c2ccc(F)c(F)c2)ncc1Br. The first-order chi connectivity index (χ1) is 8.49. The summed E-state index contributed by atoms with van der Waals surface area (Å²) in [5.74, 6) is -3.27. The molecule has 0 spiro atoms. The van der Waals surface area contributed by atoms with E-state index in [0.29, 0.717) is 0 Å². The number of aromatic nitrogens is 2. The largest absolute Gasteiger partial charge is 0.476 e. The average molecular weight is 315 g/mol. The van der Waals surface area contributed by atoms with Crippen LogP contribution in [0.5, 0.6) is 0 Å². The third kappa shape index (κ3) is 2.35. The fourth-order valence-corrected chi connectivity index (χ4v) is 1.65. The number of rotatable bonds is 2. The molecule has 0 radical (unpaired) electrons. The highest BCUT2D eigenvalue weighted by molar-refractivity contribution is 9.10. The Morgan fingerprint density at radius 2 is 2.00 bits per heavy atom. The van der Waals surface area contributed by atoms with Crippen LogP contribution in [-0.4, -0.2) is 21.0 Å². The van der Waals surface area contributed by atoms with E-state index in [-0.39, 0.29) is 21.6 Å². The Labute approximate surface area is 108 Å². The molecular weight excluding hydrogens is 310 g/mol. The number of halogens is 3. The predicted octanol–water partition coefficient (Wildman–Crippen LogP) is 2.88. The van der Waals surface area contributed by atoms with Gasteiger partial charge in [0, 0.05) is 11.8 Å². The monoisotopic (exact) mass is 314 g/mol. The summed E-state index contributed by atoms with van der Waals surface area (Å²) in [6, 6.07) is 3.11. The molecule has 0 saturated carbocycles. The molecule has 0 aliphatic rings. The van der Waals surface area contributed by atoms with Crippen LogP contribution in [0.2, 0.25) is 0 Å². The normalized spacial score (nSPS) is 10.4. The Bertz CT molecular complexity index is 634. The molecule has 92 valence electrons. The van der Waals surface area contributed by atoms with Crippen molar-refractivity contribution >= 4 is 21.9 Å². The lowest BCUT2D eigenvalue weighted by Crippen LogP contribution is -2.04. The van der Waals surface area contributed by atoms with Crippen LogP contribution in [0.15, 0.2) is 28.9 Å². The minimum absolute atomic E-state index is 0.00880. The summed E-state index contributed by atoms with van der Waals surface area (Å²) in [7, 11) is 0. The van der Waals surface area contributed by atoms with Crippen molar-refractivity contribution in [3.63, 3.8) is 0 Å². The van der Waals surface area contributed by atoms with Crippen molar-refractivity contribution in [3.05, 3.63) is 46.2 Å². The molecule has 1 aromatic carbocycles. The lowest BCUT2D eigenvalue weighted by atomic mass is 10.2. The first kappa shape index (κ1) is 12.6. The molecule has 7 heteroatoms. The van der Waals surface area contributed by atoms with Crippen molar-refractivity contribution < 1.29 is 18.7 Å². The van der Waals surface area contributed by atoms with Crippen LogP contribution >= 0.6 is 15.9 Å². The molecule has 0 aliphatic heterocycles. The topological polar surface area (TPSA) is 63.1 Å². The standard InChI is InChI=1S/C11H5BrF2N2O2/c12-6-4-15-10(16-9(6)11(17)18)5-1-2-7(13)8(14)3-5/h1-4H,(H,17,18). The summed E-state index contributed by atoms with van der Waals surface area (Å²) < 4.78 is 26.0. The van der Waals surface area contributed by atoms with E-state index in [4.69, 9.17) is 5.11 Å². The van der Waals surface area contributed by atoms with E-state index in [2.05, 4.69) is 25.9 Å². The van der Waals surface area contributed by atoms with Crippen LogP contribution in [0.1, 0.15) is 10.5 Å². The van der Waals surface area contributed by atoms with Gasteiger partial charge in [0.1, 0.15) is 0 Å². The second kappa shape index (κ2) is 4.77. The predicted molar refractivity (Wildman–Crippen MR) is 62.0 cm³/mol.